The summed E-state index contributed by atoms with van der Waals surface area (Å²) in [7, 11) is 4.63. The molecule has 10 heteroatoms. The van der Waals surface area contributed by atoms with Crippen LogP contribution in [0.1, 0.15) is 95.6 Å². The Morgan fingerprint density at radius 1 is 0.571 bits per heavy atom. The predicted octanol–water partition coefficient (Wildman–Crippen LogP) is 5.77. The van der Waals surface area contributed by atoms with Gasteiger partial charge < -0.3 is 27.9 Å². The second kappa shape index (κ2) is 14.6. The Balaban J connectivity index is 0.907. The van der Waals surface area contributed by atoms with E-state index in [-0.39, 0.29) is 48.9 Å². The molecular weight excluding hydrogens is 624 g/mol. The average Bonchev–Trinajstić information content (AvgIpc) is 3.27. The molecule has 4 aliphatic rings. The Bertz CT molecular complexity index is 1380. The zero-order chi connectivity index (χ0) is 34.8. The molecule has 264 valence electrons. The summed E-state index contributed by atoms with van der Waals surface area (Å²) in [5, 5.41) is 0. The molecule has 4 fully saturated rings. The molecule has 49 heavy (non-hydrogen) atoms. The highest BCUT2D eigenvalue weighted by Crippen LogP contribution is 2.45. The van der Waals surface area contributed by atoms with Crippen LogP contribution in [0, 0.1) is 0 Å². The van der Waals surface area contributed by atoms with Crippen molar-refractivity contribution in [1.82, 2.24) is 0 Å². The number of quaternary nitrogens is 2. The Hall–Kier alpha value is -3.76. The third-order valence-electron chi connectivity index (χ3n) is 11.9. The first-order valence-electron chi connectivity index (χ1n) is 18.0. The fourth-order valence-electron chi connectivity index (χ4n) is 9.41. The molecule has 4 saturated heterocycles. The summed E-state index contributed by atoms with van der Waals surface area (Å²) in [6, 6.07) is 17.2. The highest BCUT2D eigenvalue weighted by Gasteiger charge is 2.53. The van der Waals surface area contributed by atoms with E-state index in [4.69, 9.17) is 18.9 Å². The molecule has 0 amide bonds. The summed E-state index contributed by atoms with van der Waals surface area (Å²) < 4.78 is 24.2. The van der Waals surface area contributed by atoms with E-state index >= 15 is 0 Å². The lowest BCUT2D eigenvalue weighted by Crippen LogP contribution is -2.58. The minimum absolute atomic E-state index is 0.0774. The topological polar surface area (TPSA) is 105 Å². The van der Waals surface area contributed by atoms with Crippen LogP contribution in [0.4, 0.5) is 0 Å². The fourth-order valence-corrected chi connectivity index (χ4v) is 9.41. The molecular formula is C39H52N2O8+2. The van der Waals surface area contributed by atoms with Crippen LogP contribution in [0.2, 0.25) is 0 Å². The van der Waals surface area contributed by atoms with Crippen LogP contribution in [0.5, 0.6) is 11.5 Å². The Labute approximate surface area is 289 Å². The standard InChI is InChI=1S/C39H52N2O8/c1-26(42)46-34-16-8-28(9-17-34)24-40(3)30-12-13-31(40)21-36(20-30)48-38(44)6-5-7-39(45)49-37-22-32-14-15-33(23-37)41(32,4)25-29-10-18-35(19-11-29)47-27(2)43/h8-11,16-19,30-33,36-37H,5-7,12-15,20-25H2,1-4H3/q+2. The number of fused-ring (bicyclic) bond motifs is 4. The summed E-state index contributed by atoms with van der Waals surface area (Å²) in [5.74, 6) is 0.0229. The smallest absolute Gasteiger partial charge is 0.308 e. The van der Waals surface area contributed by atoms with E-state index in [1.165, 1.54) is 25.0 Å². The first-order valence-corrected chi connectivity index (χ1v) is 18.0. The van der Waals surface area contributed by atoms with Crippen molar-refractivity contribution in [2.75, 3.05) is 14.1 Å². The molecule has 0 spiro atoms. The molecule has 4 bridgehead atoms. The van der Waals surface area contributed by atoms with E-state index in [0.29, 0.717) is 42.1 Å². The molecule has 2 aromatic rings. The number of benzene rings is 2. The number of piperidine rings is 2. The van der Waals surface area contributed by atoms with Gasteiger partial charge in [-0.3, -0.25) is 19.2 Å². The Kier molecular flexibility index (Phi) is 10.5. The van der Waals surface area contributed by atoms with Gasteiger partial charge in [0.1, 0.15) is 36.8 Å². The molecule has 0 radical (unpaired) electrons. The maximum Gasteiger partial charge on any atom is 0.308 e. The third-order valence-corrected chi connectivity index (χ3v) is 11.9. The lowest BCUT2D eigenvalue weighted by Gasteiger charge is -2.47. The second-order valence-corrected chi connectivity index (χ2v) is 15.3. The van der Waals surface area contributed by atoms with Gasteiger partial charge in [0.15, 0.2) is 0 Å². The molecule has 0 aromatic heterocycles. The maximum atomic E-state index is 12.8. The molecule has 0 aliphatic carbocycles. The average molecular weight is 677 g/mol. The van der Waals surface area contributed by atoms with Gasteiger partial charge in [0.2, 0.25) is 0 Å². The number of carbonyl (C=O) groups is 4. The van der Waals surface area contributed by atoms with Crippen LogP contribution >= 0.6 is 0 Å². The van der Waals surface area contributed by atoms with Gasteiger partial charge in [0, 0.05) is 89.2 Å². The lowest BCUT2D eigenvalue weighted by atomic mass is 9.95. The van der Waals surface area contributed by atoms with Crippen LogP contribution in [0.3, 0.4) is 0 Å². The van der Waals surface area contributed by atoms with Crippen molar-refractivity contribution >= 4 is 23.9 Å². The third kappa shape index (κ3) is 8.18. The highest BCUT2D eigenvalue weighted by atomic mass is 16.6. The predicted molar refractivity (Wildman–Crippen MR) is 181 cm³/mol. The van der Waals surface area contributed by atoms with Gasteiger partial charge in [-0.05, 0) is 55.0 Å². The number of hydrogen-bond acceptors (Lipinski definition) is 8. The summed E-state index contributed by atoms with van der Waals surface area (Å²) >= 11 is 0. The number of rotatable bonds is 12. The summed E-state index contributed by atoms with van der Waals surface area (Å²) in [6.45, 7) is 4.59. The largest absolute Gasteiger partial charge is 0.462 e. The van der Waals surface area contributed by atoms with E-state index < -0.39 is 0 Å². The lowest BCUT2D eigenvalue weighted by molar-refractivity contribution is -0.961. The van der Waals surface area contributed by atoms with E-state index in [9.17, 15) is 19.2 Å². The van der Waals surface area contributed by atoms with Gasteiger partial charge in [-0.2, -0.15) is 0 Å². The molecule has 4 atom stereocenters. The SMILES string of the molecule is CC(=O)Oc1ccc(C[N+]2(C)C3CCC2CC(OC(=O)CCCC(=O)OC2CC4CCC(C2)[N+]4(C)Cc2ccc(OC(C)=O)cc2)C3)cc1. The van der Waals surface area contributed by atoms with E-state index in [0.717, 1.165) is 73.4 Å². The Morgan fingerprint density at radius 3 is 1.20 bits per heavy atom. The van der Waals surface area contributed by atoms with Crippen LogP contribution < -0.4 is 9.47 Å². The van der Waals surface area contributed by atoms with Gasteiger partial charge >= 0.3 is 23.9 Å². The molecule has 6 rings (SSSR count). The van der Waals surface area contributed by atoms with Crippen LogP contribution in [0.25, 0.3) is 0 Å². The first kappa shape index (κ1) is 35.1. The van der Waals surface area contributed by atoms with Gasteiger partial charge in [-0.25, -0.2) is 0 Å². The normalized spacial score (nSPS) is 31.5. The van der Waals surface area contributed by atoms with Gasteiger partial charge in [0.25, 0.3) is 0 Å². The number of carbonyl (C=O) groups excluding carboxylic acids is 4. The van der Waals surface area contributed by atoms with Crippen molar-refractivity contribution in [3.05, 3.63) is 59.7 Å². The molecule has 0 N–H and O–H groups in total. The van der Waals surface area contributed by atoms with Crippen LogP contribution in [-0.4, -0.2) is 83.3 Å². The highest BCUT2D eigenvalue weighted by molar-refractivity contribution is 5.73. The number of nitrogens with zero attached hydrogens (tertiary/aromatic N) is 2. The van der Waals surface area contributed by atoms with Crippen molar-refractivity contribution < 1.29 is 47.1 Å². The summed E-state index contributed by atoms with van der Waals surface area (Å²) in [6.07, 6.45) is 8.64. The van der Waals surface area contributed by atoms with E-state index in [2.05, 4.69) is 14.1 Å². The molecule has 10 nitrogen and oxygen atoms in total. The second-order valence-electron chi connectivity index (χ2n) is 15.3. The molecule has 0 saturated carbocycles. The van der Waals surface area contributed by atoms with E-state index in [1.807, 2.05) is 48.5 Å². The van der Waals surface area contributed by atoms with Gasteiger partial charge in [0.05, 0.1) is 38.3 Å². The van der Waals surface area contributed by atoms with Crippen LogP contribution in [0.15, 0.2) is 48.5 Å². The first-order chi connectivity index (χ1) is 23.4. The maximum absolute atomic E-state index is 12.8. The number of esters is 4. The van der Waals surface area contributed by atoms with Crippen molar-refractivity contribution in [2.24, 2.45) is 0 Å². The zero-order valence-corrected chi connectivity index (χ0v) is 29.4. The number of ether oxygens (including phenoxy) is 4. The quantitative estimate of drug-likeness (QED) is 0.159. The fraction of sp³-hybridized carbons (Fsp3) is 0.590. The molecule has 4 aliphatic heterocycles. The minimum Gasteiger partial charge on any atom is -0.462 e. The zero-order valence-electron chi connectivity index (χ0n) is 29.4. The summed E-state index contributed by atoms with van der Waals surface area (Å²) in [4.78, 5) is 48.1. The summed E-state index contributed by atoms with van der Waals surface area (Å²) in [5.41, 5.74) is 2.41. The monoisotopic (exact) mass is 676 g/mol. The molecule has 4 heterocycles. The van der Waals surface area contributed by atoms with Crippen molar-refractivity contribution in [1.29, 1.82) is 0 Å². The van der Waals surface area contributed by atoms with Crippen LogP contribution in [-0.2, 0) is 41.7 Å². The Morgan fingerprint density at radius 2 is 0.898 bits per heavy atom. The molecule has 4 unspecified atom stereocenters. The van der Waals surface area contributed by atoms with Crippen molar-refractivity contribution in [3.63, 3.8) is 0 Å². The number of hydrogen-bond donors (Lipinski definition) is 0. The van der Waals surface area contributed by atoms with Crippen molar-refractivity contribution in [2.45, 2.75) is 134 Å². The van der Waals surface area contributed by atoms with E-state index in [1.54, 1.807) is 0 Å². The van der Waals surface area contributed by atoms with Gasteiger partial charge in [-0.15, -0.1) is 0 Å². The molecule has 2 aromatic carbocycles. The van der Waals surface area contributed by atoms with Crippen molar-refractivity contribution in [3.8, 4) is 11.5 Å². The van der Waals surface area contributed by atoms with Gasteiger partial charge in [-0.1, -0.05) is 0 Å². The minimum atomic E-state index is -0.324.